The highest BCUT2D eigenvalue weighted by atomic mass is 32.2. The second kappa shape index (κ2) is 4.96. The van der Waals surface area contributed by atoms with Crippen molar-refractivity contribution >= 4 is 23.4 Å². The van der Waals surface area contributed by atoms with Gasteiger partial charge in [-0.2, -0.15) is 0 Å². The van der Waals surface area contributed by atoms with Crippen LogP contribution in [0.25, 0.3) is 0 Å². The molecule has 0 fully saturated rings. The zero-order chi connectivity index (χ0) is 14.3. The first-order valence-electron chi connectivity index (χ1n) is 6.48. The molecule has 2 N–H and O–H groups in total. The molecule has 2 aromatic carbocycles. The quantitative estimate of drug-likeness (QED) is 0.921. The van der Waals surface area contributed by atoms with Crippen LogP contribution in [0.15, 0.2) is 52.3 Å². The lowest BCUT2D eigenvalue weighted by Crippen LogP contribution is -2.27. The number of anilines is 1. The summed E-state index contributed by atoms with van der Waals surface area (Å²) < 4.78 is 0. The molecule has 0 radical (unpaired) electrons. The van der Waals surface area contributed by atoms with Crippen molar-refractivity contribution in [2.24, 2.45) is 5.73 Å². The minimum absolute atomic E-state index is 0.0435. The average molecular weight is 284 g/mol. The summed E-state index contributed by atoms with van der Waals surface area (Å²) in [7, 11) is 1.77. The highest BCUT2D eigenvalue weighted by molar-refractivity contribution is 7.99. The molecule has 0 saturated carbocycles. The molecule has 2 aromatic rings. The van der Waals surface area contributed by atoms with Gasteiger partial charge in [0.15, 0.2) is 0 Å². The van der Waals surface area contributed by atoms with Crippen LogP contribution in [0.4, 0.5) is 5.69 Å². The predicted octanol–water partition coefficient (Wildman–Crippen LogP) is 3.12. The van der Waals surface area contributed by atoms with Crippen molar-refractivity contribution in [1.29, 1.82) is 0 Å². The second-order valence-electron chi connectivity index (χ2n) is 4.96. The summed E-state index contributed by atoms with van der Waals surface area (Å²) >= 11 is 1.71. The van der Waals surface area contributed by atoms with E-state index in [0.29, 0.717) is 0 Å². The van der Waals surface area contributed by atoms with Crippen LogP contribution >= 0.6 is 11.8 Å². The van der Waals surface area contributed by atoms with Crippen LogP contribution in [0.5, 0.6) is 0 Å². The number of amides is 1. The Labute approximate surface area is 122 Å². The molecule has 1 aliphatic rings. The van der Waals surface area contributed by atoms with Crippen LogP contribution in [0.1, 0.15) is 17.2 Å². The number of carbonyl (C=O) groups is 1. The van der Waals surface area contributed by atoms with E-state index in [-0.39, 0.29) is 5.91 Å². The average Bonchev–Trinajstić information content (AvgIpc) is 2.66. The fourth-order valence-electron chi connectivity index (χ4n) is 2.40. The van der Waals surface area contributed by atoms with Gasteiger partial charge >= 0.3 is 0 Å². The van der Waals surface area contributed by atoms with E-state index in [0.717, 1.165) is 16.1 Å². The molecule has 4 heteroatoms. The molecule has 20 heavy (non-hydrogen) atoms. The first-order chi connectivity index (χ1) is 9.58. The molecule has 0 spiro atoms. The fourth-order valence-corrected chi connectivity index (χ4v) is 3.33. The lowest BCUT2D eigenvalue weighted by atomic mass is 10.1. The van der Waals surface area contributed by atoms with E-state index in [9.17, 15) is 4.79 Å². The lowest BCUT2D eigenvalue weighted by molar-refractivity contribution is -0.118. The third kappa shape index (κ3) is 2.11. The maximum Gasteiger partial charge on any atom is 0.248 e. The number of rotatable bonds is 2. The Balaban J connectivity index is 1.95. The van der Waals surface area contributed by atoms with Crippen molar-refractivity contribution in [3.05, 3.63) is 53.6 Å². The van der Waals surface area contributed by atoms with Gasteiger partial charge in [-0.15, -0.1) is 0 Å². The summed E-state index contributed by atoms with van der Waals surface area (Å²) in [6.07, 6.45) is 0. The van der Waals surface area contributed by atoms with E-state index in [4.69, 9.17) is 5.73 Å². The molecule has 3 nitrogen and oxygen atoms in total. The molecule has 1 atom stereocenters. The Morgan fingerprint density at radius 2 is 1.95 bits per heavy atom. The van der Waals surface area contributed by atoms with Gasteiger partial charge in [0.2, 0.25) is 5.91 Å². The van der Waals surface area contributed by atoms with Crippen LogP contribution in [0.2, 0.25) is 0 Å². The Hall–Kier alpha value is -1.78. The summed E-state index contributed by atoms with van der Waals surface area (Å²) in [6.45, 7) is 2.10. The zero-order valence-corrected chi connectivity index (χ0v) is 12.3. The van der Waals surface area contributed by atoms with Gasteiger partial charge in [0.25, 0.3) is 0 Å². The Kier molecular flexibility index (Phi) is 3.28. The predicted molar refractivity (Wildman–Crippen MR) is 82.1 cm³/mol. The number of aryl methyl sites for hydroxylation is 1. The van der Waals surface area contributed by atoms with Crippen molar-refractivity contribution in [3.8, 4) is 0 Å². The number of carbonyl (C=O) groups excluding carboxylic acids is 1. The zero-order valence-electron chi connectivity index (χ0n) is 11.5. The van der Waals surface area contributed by atoms with Gasteiger partial charge in [0.05, 0.1) is 0 Å². The minimum atomic E-state index is -0.521. The molecule has 1 heterocycles. The maximum atomic E-state index is 11.9. The summed E-state index contributed by atoms with van der Waals surface area (Å²) in [5.41, 5.74) is 8.98. The maximum absolute atomic E-state index is 11.9. The summed E-state index contributed by atoms with van der Waals surface area (Å²) in [4.78, 5) is 15.9. The molecule has 1 unspecified atom stereocenters. The number of hydrogen-bond acceptors (Lipinski definition) is 3. The topological polar surface area (TPSA) is 46.3 Å². The van der Waals surface area contributed by atoms with Crippen molar-refractivity contribution in [3.63, 3.8) is 0 Å². The second-order valence-corrected chi connectivity index (χ2v) is 6.08. The molecule has 0 saturated heterocycles. The van der Waals surface area contributed by atoms with Crippen LogP contribution in [0.3, 0.4) is 0 Å². The molecule has 1 amide bonds. The molecule has 102 valence electrons. The highest BCUT2D eigenvalue weighted by Gasteiger charge is 2.32. The molecule has 3 rings (SSSR count). The Morgan fingerprint density at radius 1 is 1.20 bits per heavy atom. The number of likely N-dealkylation sites (N-methyl/N-ethyl adjacent to an activating group) is 1. The van der Waals surface area contributed by atoms with Gasteiger partial charge in [0, 0.05) is 28.1 Å². The van der Waals surface area contributed by atoms with Crippen molar-refractivity contribution in [2.75, 3.05) is 11.9 Å². The van der Waals surface area contributed by atoms with E-state index < -0.39 is 6.04 Å². The third-order valence-electron chi connectivity index (χ3n) is 3.62. The summed E-state index contributed by atoms with van der Waals surface area (Å²) in [5.74, 6) is -0.0435. The van der Waals surface area contributed by atoms with Crippen LogP contribution in [-0.2, 0) is 4.79 Å². The first-order valence-corrected chi connectivity index (χ1v) is 7.30. The Bertz CT molecular complexity index is 684. The monoisotopic (exact) mass is 284 g/mol. The molecular weight excluding hydrogens is 268 g/mol. The van der Waals surface area contributed by atoms with Crippen molar-refractivity contribution in [2.45, 2.75) is 22.8 Å². The number of nitrogens with two attached hydrogens (primary N) is 1. The summed E-state index contributed by atoms with van der Waals surface area (Å²) in [5, 5.41) is 0. The van der Waals surface area contributed by atoms with Crippen molar-refractivity contribution in [1.82, 2.24) is 0 Å². The van der Waals surface area contributed by atoms with Gasteiger partial charge in [0.1, 0.15) is 6.04 Å². The Morgan fingerprint density at radius 3 is 2.70 bits per heavy atom. The van der Waals surface area contributed by atoms with E-state index >= 15 is 0 Å². The van der Waals surface area contributed by atoms with Gasteiger partial charge < -0.3 is 10.6 Å². The van der Waals surface area contributed by atoms with Gasteiger partial charge in [-0.25, -0.2) is 0 Å². The van der Waals surface area contributed by atoms with E-state index in [1.165, 1.54) is 10.5 Å². The van der Waals surface area contributed by atoms with E-state index in [1.54, 1.807) is 23.7 Å². The van der Waals surface area contributed by atoms with Gasteiger partial charge in [-0.1, -0.05) is 36.0 Å². The normalized spacial score (nSPS) is 17.4. The third-order valence-corrected chi connectivity index (χ3v) is 4.78. The van der Waals surface area contributed by atoms with Crippen molar-refractivity contribution < 1.29 is 4.79 Å². The highest BCUT2D eigenvalue weighted by Crippen LogP contribution is 2.38. The fraction of sp³-hybridized carbons (Fsp3) is 0.188. The van der Waals surface area contributed by atoms with Crippen LogP contribution in [0, 0.1) is 6.92 Å². The standard InChI is InChI=1S/C16H16N2OS/c1-10-5-3-4-6-14(10)20-11-7-8-12-13(9-11)18(2)16(19)15(12)17/h3-9,15H,17H2,1-2H3. The first kappa shape index (κ1) is 13.2. The largest absolute Gasteiger partial charge is 0.316 e. The molecule has 0 bridgehead atoms. The smallest absolute Gasteiger partial charge is 0.248 e. The molecular formula is C16H16N2OS. The van der Waals surface area contributed by atoms with E-state index in [2.05, 4.69) is 19.1 Å². The van der Waals surface area contributed by atoms with Gasteiger partial charge in [-0.05, 0) is 30.7 Å². The molecule has 0 aromatic heterocycles. The lowest BCUT2D eigenvalue weighted by Gasteiger charge is -2.11. The number of nitrogens with zero attached hydrogens (tertiary/aromatic N) is 1. The number of hydrogen-bond donors (Lipinski definition) is 1. The van der Waals surface area contributed by atoms with Crippen LogP contribution in [-0.4, -0.2) is 13.0 Å². The minimum Gasteiger partial charge on any atom is -0.316 e. The van der Waals surface area contributed by atoms with Crippen LogP contribution < -0.4 is 10.6 Å². The number of benzene rings is 2. The van der Waals surface area contributed by atoms with Gasteiger partial charge in [-0.3, -0.25) is 4.79 Å². The van der Waals surface area contributed by atoms with E-state index in [1.807, 2.05) is 30.3 Å². The summed E-state index contributed by atoms with van der Waals surface area (Å²) in [6, 6.07) is 13.8. The molecule has 1 aliphatic heterocycles. The number of fused-ring (bicyclic) bond motifs is 1. The SMILES string of the molecule is Cc1ccccc1Sc1ccc2c(c1)N(C)C(=O)C2N. The molecule has 0 aliphatic carbocycles.